The molecule has 0 saturated carbocycles. The third-order valence-electron chi connectivity index (χ3n) is 6.34. The van der Waals surface area contributed by atoms with Gasteiger partial charge in [-0.05, 0) is 33.6 Å². The van der Waals surface area contributed by atoms with Gasteiger partial charge in [0, 0.05) is 43.7 Å². The number of aromatic amines is 1. The van der Waals surface area contributed by atoms with Crippen LogP contribution in [0.2, 0.25) is 0 Å². The fourth-order valence-corrected chi connectivity index (χ4v) is 4.61. The lowest BCUT2D eigenvalue weighted by atomic mass is 9.87. The van der Waals surface area contributed by atoms with E-state index >= 15 is 0 Å². The molecule has 0 aliphatic carbocycles. The molecule has 0 radical (unpaired) electrons. The number of carbonyl (C=O) groups excluding carboxylic acids is 1. The highest BCUT2D eigenvalue weighted by Crippen LogP contribution is 2.33. The van der Waals surface area contributed by atoms with Crippen molar-refractivity contribution in [3.8, 4) is 0 Å². The Hall–Kier alpha value is -1.44. The molecule has 3 aliphatic rings. The second kappa shape index (κ2) is 6.94. The fraction of sp³-hybridized carbons (Fsp3) is 0.789. The van der Waals surface area contributed by atoms with Gasteiger partial charge in [0.05, 0.1) is 31.1 Å². The Morgan fingerprint density at radius 2 is 1.88 bits per heavy atom. The molecular formula is C19H30N4O3. The molecule has 1 aromatic rings. The average Bonchev–Trinajstić information content (AvgIpc) is 3.06. The molecule has 1 N–H and O–H groups in total. The van der Waals surface area contributed by atoms with Crippen LogP contribution in [0.5, 0.6) is 0 Å². The molecule has 2 atom stereocenters. The third-order valence-corrected chi connectivity index (χ3v) is 6.34. The molecule has 2 saturated heterocycles. The van der Waals surface area contributed by atoms with Gasteiger partial charge >= 0.3 is 0 Å². The quantitative estimate of drug-likeness (QED) is 0.868. The number of ether oxygens (including phenoxy) is 2. The van der Waals surface area contributed by atoms with Crippen molar-refractivity contribution in [3.05, 3.63) is 17.0 Å². The lowest BCUT2D eigenvalue weighted by Crippen LogP contribution is -2.57. The van der Waals surface area contributed by atoms with Crippen molar-refractivity contribution in [1.29, 1.82) is 0 Å². The van der Waals surface area contributed by atoms with Gasteiger partial charge in [0.15, 0.2) is 5.69 Å². The predicted molar refractivity (Wildman–Crippen MR) is 97.2 cm³/mol. The molecular weight excluding hydrogens is 332 g/mol. The van der Waals surface area contributed by atoms with Gasteiger partial charge in [-0.2, -0.15) is 5.10 Å². The molecule has 0 aromatic carbocycles. The lowest BCUT2D eigenvalue weighted by molar-refractivity contribution is -0.0373. The van der Waals surface area contributed by atoms with Crippen LogP contribution in [0.4, 0.5) is 0 Å². The van der Waals surface area contributed by atoms with Crippen molar-refractivity contribution in [3.63, 3.8) is 0 Å². The number of hydrogen-bond donors (Lipinski definition) is 1. The highest BCUT2D eigenvalue weighted by atomic mass is 16.5. The number of piperidine rings is 1. The molecule has 0 bridgehead atoms. The molecule has 3 aliphatic heterocycles. The zero-order valence-electron chi connectivity index (χ0n) is 16.1. The van der Waals surface area contributed by atoms with Gasteiger partial charge in [-0.3, -0.25) is 14.8 Å². The number of amides is 1. The molecule has 4 rings (SSSR count). The van der Waals surface area contributed by atoms with E-state index in [4.69, 9.17) is 9.47 Å². The first kappa shape index (κ1) is 17.9. The molecule has 4 heterocycles. The maximum Gasteiger partial charge on any atom is 0.274 e. The first-order valence-electron chi connectivity index (χ1n) is 9.82. The first-order chi connectivity index (χ1) is 12.5. The number of H-pyrrole nitrogens is 1. The third kappa shape index (κ3) is 3.17. The summed E-state index contributed by atoms with van der Waals surface area (Å²) in [7, 11) is 0. The normalized spacial score (nSPS) is 29.4. The summed E-state index contributed by atoms with van der Waals surface area (Å²) in [4.78, 5) is 17.6. The van der Waals surface area contributed by atoms with Crippen LogP contribution in [0, 0.1) is 0 Å². The number of morpholine rings is 1. The van der Waals surface area contributed by atoms with E-state index in [9.17, 15) is 4.79 Å². The average molecular weight is 362 g/mol. The van der Waals surface area contributed by atoms with E-state index in [-0.39, 0.29) is 23.7 Å². The van der Waals surface area contributed by atoms with Crippen molar-refractivity contribution in [2.45, 2.75) is 57.8 Å². The standard InChI is InChI=1S/C19H30N4O3/c1-13-12-15-16(14(2)26-13)20-21-17(15)18(24)22-6-4-19(3,5-7-22)23-8-10-25-11-9-23/h13-14H,4-12H2,1-3H3,(H,20,21)/t13-,14+/m1/s1. The van der Waals surface area contributed by atoms with E-state index in [0.29, 0.717) is 5.69 Å². The molecule has 1 amide bonds. The number of fused-ring (bicyclic) bond motifs is 1. The van der Waals surface area contributed by atoms with E-state index in [1.807, 2.05) is 11.8 Å². The second-order valence-electron chi connectivity index (χ2n) is 8.15. The maximum absolute atomic E-state index is 13.1. The van der Waals surface area contributed by atoms with Crippen LogP contribution in [0.3, 0.4) is 0 Å². The van der Waals surface area contributed by atoms with Crippen LogP contribution < -0.4 is 0 Å². The molecule has 0 spiro atoms. The molecule has 7 heteroatoms. The Morgan fingerprint density at radius 1 is 1.19 bits per heavy atom. The van der Waals surface area contributed by atoms with Crippen molar-refractivity contribution in [1.82, 2.24) is 20.0 Å². The second-order valence-corrected chi connectivity index (χ2v) is 8.15. The Labute approximate surface area is 155 Å². The first-order valence-corrected chi connectivity index (χ1v) is 9.82. The molecule has 2 fully saturated rings. The SMILES string of the molecule is C[C@@H]1Cc2c(C(=O)N3CCC(C)(N4CCOCC4)CC3)n[nH]c2[C@H](C)O1. The van der Waals surface area contributed by atoms with Crippen LogP contribution in [-0.2, 0) is 15.9 Å². The molecule has 1 aromatic heterocycles. The Morgan fingerprint density at radius 3 is 2.58 bits per heavy atom. The summed E-state index contributed by atoms with van der Waals surface area (Å²) in [6, 6.07) is 0. The Bertz CT molecular complexity index is 660. The minimum atomic E-state index is -0.0335. The summed E-state index contributed by atoms with van der Waals surface area (Å²) in [6.45, 7) is 11.6. The minimum absolute atomic E-state index is 0.0335. The van der Waals surface area contributed by atoms with E-state index in [1.165, 1.54) is 0 Å². The fourth-order valence-electron chi connectivity index (χ4n) is 4.61. The summed E-state index contributed by atoms with van der Waals surface area (Å²) in [6.07, 6.45) is 2.83. The van der Waals surface area contributed by atoms with Crippen LogP contribution in [0.15, 0.2) is 0 Å². The molecule has 7 nitrogen and oxygen atoms in total. The Balaban J connectivity index is 1.44. The van der Waals surface area contributed by atoms with Crippen molar-refractivity contribution >= 4 is 5.91 Å². The van der Waals surface area contributed by atoms with E-state index in [1.54, 1.807) is 0 Å². The summed E-state index contributed by atoms with van der Waals surface area (Å²) in [5, 5.41) is 7.40. The number of likely N-dealkylation sites (tertiary alicyclic amines) is 1. The highest BCUT2D eigenvalue weighted by Gasteiger charge is 2.39. The van der Waals surface area contributed by atoms with Crippen LogP contribution in [0.25, 0.3) is 0 Å². The number of nitrogens with zero attached hydrogens (tertiary/aromatic N) is 3. The summed E-state index contributed by atoms with van der Waals surface area (Å²) < 4.78 is 11.3. The van der Waals surface area contributed by atoms with Gasteiger partial charge in [0.25, 0.3) is 5.91 Å². The number of hydrogen-bond acceptors (Lipinski definition) is 5. The smallest absolute Gasteiger partial charge is 0.274 e. The van der Waals surface area contributed by atoms with E-state index < -0.39 is 0 Å². The molecule has 144 valence electrons. The number of rotatable bonds is 2. The number of carbonyl (C=O) groups is 1. The predicted octanol–water partition coefficient (Wildman–Crippen LogP) is 1.76. The van der Waals surface area contributed by atoms with Gasteiger partial charge in [-0.1, -0.05) is 0 Å². The Kier molecular flexibility index (Phi) is 4.79. The van der Waals surface area contributed by atoms with Gasteiger partial charge < -0.3 is 14.4 Å². The van der Waals surface area contributed by atoms with Gasteiger partial charge in [-0.15, -0.1) is 0 Å². The number of aromatic nitrogens is 2. The zero-order valence-corrected chi connectivity index (χ0v) is 16.1. The van der Waals surface area contributed by atoms with Crippen LogP contribution >= 0.6 is 0 Å². The number of nitrogens with one attached hydrogen (secondary N) is 1. The maximum atomic E-state index is 13.1. The van der Waals surface area contributed by atoms with E-state index in [2.05, 4.69) is 28.9 Å². The van der Waals surface area contributed by atoms with Gasteiger partial charge in [-0.25, -0.2) is 0 Å². The van der Waals surface area contributed by atoms with Gasteiger partial charge in [0.1, 0.15) is 0 Å². The minimum Gasteiger partial charge on any atom is -0.379 e. The highest BCUT2D eigenvalue weighted by molar-refractivity contribution is 5.94. The van der Waals surface area contributed by atoms with Crippen molar-refractivity contribution < 1.29 is 14.3 Å². The lowest BCUT2D eigenvalue weighted by Gasteiger charge is -2.48. The largest absolute Gasteiger partial charge is 0.379 e. The van der Waals surface area contributed by atoms with Crippen LogP contribution in [0.1, 0.15) is 61.5 Å². The summed E-state index contributed by atoms with van der Waals surface area (Å²) in [5.74, 6) is 0.0628. The zero-order chi connectivity index (χ0) is 18.3. The van der Waals surface area contributed by atoms with Crippen molar-refractivity contribution in [2.24, 2.45) is 0 Å². The molecule has 26 heavy (non-hydrogen) atoms. The topological polar surface area (TPSA) is 70.7 Å². The monoisotopic (exact) mass is 362 g/mol. The van der Waals surface area contributed by atoms with Gasteiger partial charge in [0.2, 0.25) is 0 Å². The van der Waals surface area contributed by atoms with E-state index in [0.717, 1.165) is 69.9 Å². The molecule has 0 unspecified atom stereocenters. The van der Waals surface area contributed by atoms with Crippen LogP contribution in [-0.4, -0.2) is 76.9 Å². The summed E-state index contributed by atoms with van der Waals surface area (Å²) in [5.41, 5.74) is 2.77. The summed E-state index contributed by atoms with van der Waals surface area (Å²) >= 11 is 0. The van der Waals surface area contributed by atoms with Crippen molar-refractivity contribution in [2.75, 3.05) is 39.4 Å².